The second-order valence-corrected chi connectivity index (χ2v) is 3.99. The summed E-state index contributed by atoms with van der Waals surface area (Å²) in [5.74, 6) is 0.409. The van der Waals surface area contributed by atoms with Gasteiger partial charge in [-0.15, -0.1) is 11.8 Å². The molecule has 0 saturated heterocycles. The minimum Gasteiger partial charge on any atom is -0.398 e. The van der Waals surface area contributed by atoms with Gasteiger partial charge in [-0.05, 0) is 36.4 Å². The van der Waals surface area contributed by atoms with Gasteiger partial charge in [0.1, 0.15) is 0 Å². The maximum Gasteiger partial charge on any atom is 0.0452 e. The number of nitrogen functional groups attached to an aromatic ring is 1. The van der Waals surface area contributed by atoms with E-state index < -0.39 is 0 Å². The summed E-state index contributed by atoms with van der Waals surface area (Å²) >= 11 is 1.67. The van der Waals surface area contributed by atoms with Gasteiger partial charge in [0.05, 0.1) is 0 Å². The lowest BCUT2D eigenvalue weighted by Crippen LogP contribution is -2.09. The van der Waals surface area contributed by atoms with Crippen LogP contribution in [0.5, 0.6) is 0 Å². The lowest BCUT2D eigenvalue weighted by Gasteiger charge is -2.11. The second kappa shape index (κ2) is 4.53. The van der Waals surface area contributed by atoms with Gasteiger partial charge >= 0.3 is 0 Å². The van der Waals surface area contributed by atoms with Crippen molar-refractivity contribution >= 4 is 17.4 Å². The molecule has 1 atom stereocenters. The predicted octanol–water partition coefficient (Wildman–Crippen LogP) is 2.05. The highest BCUT2D eigenvalue weighted by molar-refractivity contribution is 7.98. The zero-order valence-corrected chi connectivity index (χ0v) is 8.90. The van der Waals surface area contributed by atoms with Gasteiger partial charge < -0.3 is 11.5 Å². The van der Waals surface area contributed by atoms with Crippen molar-refractivity contribution in [1.29, 1.82) is 0 Å². The highest BCUT2D eigenvalue weighted by Gasteiger charge is 2.05. The number of benzene rings is 1. The van der Waals surface area contributed by atoms with Crippen LogP contribution in [0.2, 0.25) is 0 Å². The molecule has 0 aliphatic rings. The van der Waals surface area contributed by atoms with E-state index >= 15 is 0 Å². The van der Waals surface area contributed by atoms with Crippen LogP contribution in [0.25, 0.3) is 0 Å². The van der Waals surface area contributed by atoms with Gasteiger partial charge in [-0.2, -0.15) is 0 Å². The minimum atomic E-state index is 0.409. The molecule has 0 aliphatic heterocycles. The Hall–Kier alpha value is -0.670. The van der Waals surface area contributed by atoms with Gasteiger partial charge in [-0.25, -0.2) is 0 Å². The van der Waals surface area contributed by atoms with Gasteiger partial charge in [0.15, 0.2) is 0 Å². The van der Waals surface area contributed by atoms with Crippen LogP contribution in [0, 0.1) is 0 Å². The fourth-order valence-electron chi connectivity index (χ4n) is 1.17. The molecule has 0 aliphatic carbocycles. The van der Waals surface area contributed by atoms with E-state index in [-0.39, 0.29) is 0 Å². The smallest absolute Gasteiger partial charge is 0.0452 e. The summed E-state index contributed by atoms with van der Waals surface area (Å²) in [5, 5.41) is 0. The van der Waals surface area contributed by atoms with Crippen molar-refractivity contribution in [1.82, 2.24) is 0 Å². The monoisotopic (exact) mass is 196 g/mol. The van der Waals surface area contributed by atoms with Crippen molar-refractivity contribution in [2.45, 2.75) is 17.7 Å². The van der Waals surface area contributed by atoms with Gasteiger partial charge in [0.25, 0.3) is 0 Å². The SMILES string of the molecule is CSc1cc(C(C)CN)ccc1N. The molecule has 1 unspecified atom stereocenters. The number of hydrogen-bond acceptors (Lipinski definition) is 3. The molecule has 3 heteroatoms. The summed E-state index contributed by atoms with van der Waals surface area (Å²) in [6.45, 7) is 2.80. The summed E-state index contributed by atoms with van der Waals surface area (Å²) in [5.41, 5.74) is 13.5. The Kier molecular flexibility index (Phi) is 3.63. The largest absolute Gasteiger partial charge is 0.398 e. The van der Waals surface area contributed by atoms with E-state index in [0.29, 0.717) is 12.5 Å². The summed E-state index contributed by atoms with van der Waals surface area (Å²) in [6, 6.07) is 6.12. The van der Waals surface area contributed by atoms with E-state index in [4.69, 9.17) is 11.5 Å². The number of rotatable bonds is 3. The molecule has 0 radical (unpaired) electrons. The van der Waals surface area contributed by atoms with Gasteiger partial charge in [-0.3, -0.25) is 0 Å². The Morgan fingerprint density at radius 3 is 2.69 bits per heavy atom. The second-order valence-electron chi connectivity index (χ2n) is 3.14. The quantitative estimate of drug-likeness (QED) is 0.574. The third-order valence-corrected chi connectivity index (χ3v) is 2.97. The molecule has 0 heterocycles. The van der Waals surface area contributed by atoms with Crippen LogP contribution in [-0.2, 0) is 0 Å². The number of anilines is 1. The summed E-state index contributed by atoms with van der Waals surface area (Å²) in [4.78, 5) is 1.14. The summed E-state index contributed by atoms with van der Waals surface area (Å²) < 4.78 is 0. The molecule has 1 aromatic rings. The molecule has 1 aromatic carbocycles. The fourth-order valence-corrected chi connectivity index (χ4v) is 1.73. The van der Waals surface area contributed by atoms with E-state index in [9.17, 15) is 0 Å². The minimum absolute atomic E-state index is 0.409. The van der Waals surface area contributed by atoms with Crippen LogP contribution < -0.4 is 11.5 Å². The molecule has 72 valence electrons. The first-order valence-electron chi connectivity index (χ1n) is 4.32. The highest BCUT2D eigenvalue weighted by Crippen LogP contribution is 2.26. The van der Waals surface area contributed by atoms with Crippen LogP contribution in [-0.4, -0.2) is 12.8 Å². The zero-order valence-electron chi connectivity index (χ0n) is 8.08. The maximum absolute atomic E-state index is 5.79. The number of hydrogen-bond donors (Lipinski definition) is 2. The molecule has 0 bridgehead atoms. The van der Waals surface area contributed by atoms with Crippen molar-refractivity contribution < 1.29 is 0 Å². The van der Waals surface area contributed by atoms with Gasteiger partial charge in [-0.1, -0.05) is 13.0 Å². The van der Waals surface area contributed by atoms with Crippen molar-refractivity contribution in [2.24, 2.45) is 5.73 Å². The zero-order chi connectivity index (χ0) is 9.84. The van der Waals surface area contributed by atoms with Gasteiger partial charge in [0.2, 0.25) is 0 Å². The number of thioether (sulfide) groups is 1. The Morgan fingerprint density at radius 1 is 1.46 bits per heavy atom. The van der Waals surface area contributed by atoms with Crippen LogP contribution in [0.1, 0.15) is 18.4 Å². The predicted molar refractivity (Wildman–Crippen MR) is 60.1 cm³/mol. The van der Waals surface area contributed by atoms with Crippen LogP contribution in [0.4, 0.5) is 5.69 Å². The lowest BCUT2D eigenvalue weighted by atomic mass is 10.0. The normalized spacial score (nSPS) is 12.8. The third-order valence-electron chi connectivity index (χ3n) is 2.18. The number of nitrogens with two attached hydrogens (primary N) is 2. The van der Waals surface area contributed by atoms with E-state index in [1.807, 2.05) is 18.4 Å². The van der Waals surface area contributed by atoms with Crippen molar-refractivity contribution in [2.75, 3.05) is 18.5 Å². The summed E-state index contributed by atoms with van der Waals surface area (Å²) in [7, 11) is 0. The Labute approximate surface area is 83.7 Å². The standard InChI is InChI=1S/C10H16N2S/c1-7(6-11)8-3-4-9(12)10(5-8)13-2/h3-5,7H,6,11-12H2,1-2H3. The maximum atomic E-state index is 5.79. The molecule has 0 fully saturated rings. The van der Waals surface area contributed by atoms with E-state index in [0.717, 1.165) is 10.6 Å². The molecule has 0 amide bonds. The van der Waals surface area contributed by atoms with E-state index in [1.54, 1.807) is 11.8 Å². The molecule has 0 spiro atoms. The van der Waals surface area contributed by atoms with Crippen molar-refractivity contribution in [3.63, 3.8) is 0 Å². The molecule has 1 rings (SSSR count). The first-order valence-corrected chi connectivity index (χ1v) is 5.55. The first kappa shape index (κ1) is 10.4. The van der Waals surface area contributed by atoms with Crippen LogP contribution in [0.15, 0.2) is 23.1 Å². The fraction of sp³-hybridized carbons (Fsp3) is 0.400. The molecular weight excluding hydrogens is 180 g/mol. The average Bonchev–Trinajstić information content (AvgIpc) is 2.17. The Morgan fingerprint density at radius 2 is 2.15 bits per heavy atom. The van der Waals surface area contributed by atoms with E-state index in [2.05, 4.69) is 13.0 Å². The van der Waals surface area contributed by atoms with Gasteiger partial charge in [0, 0.05) is 10.6 Å². The Bertz CT molecular complexity index is 286. The molecule has 13 heavy (non-hydrogen) atoms. The lowest BCUT2D eigenvalue weighted by molar-refractivity contribution is 0.772. The Balaban J connectivity index is 2.99. The van der Waals surface area contributed by atoms with Crippen molar-refractivity contribution in [3.8, 4) is 0 Å². The third kappa shape index (κ3) is 2.39. The highest BCUT2D eigenvalue weighted by atomic mass is 32.2. The van der Waals surface area contributed by atoms with Crippen LogP contribution >= 0.6 is 11.8 Å². The molecule has 4 N–H and O–H groups in total. The van der Waals surface area contributed by atoms with Crippen molar-refractivity contribution in [3.05, 3.63) is 23.8 Å². The first-order chi connectivity index (χ1) is 6.19. The van der Waals surface area contributed by atoms with Crippen LogP contribution in [0.3, 0.4) is 0 Å². The molecule has 0 saturated carbocycles. The average molecular weight is 196 g/mol. The summed E-state index contributed by atoms with van der Waals surface area (Å²) in [6.07, 6.45) is 2.03. The topological polar surface area (TPSA) is 52.0 Å². The molecule has 2 nitrogen and oxygen atoms in total. The molecular formula is C10H16N2S. The molecule has 0 aromatic heterocycles. The van der Waals surface area contributed by atoms with E-state index in [1.165, 1.54) is 5.56 Å².